The zero-order chi connectivity index (χ0) is 57.2. The summed E-state index contributed by atoms with van der Waals surface area (Å²) in [6.45, 7) is 53.4. The first kappa shape index (κ1) is 68.0. The minimum absolute atomic E-state index is 0. The van der Waals surface area contributed by atoms with Gasteiger partial charge in [-0.2, -0.15) is 0 Å². The van der Waals surface area contributed by atoms with Crippen molar-refractivity contribution in [1.29, 1.82) is 0 Å². The first-order valence-electron chi connectivity index (χ1n) is 28.6. The second kappa shape index (κ2) is 31.5. The Morgan fingerprint density at radius 1 is 0.299 bits per heavy atom. The van der Waals surface area contributed by atoms with Crippen LogP contribution in [0.2, 0.25) is 0 Å². The molecule has 0 aliphatic carbocycles. The maximum atomic E-state index is 5.32. The molecule has 6 rings (SSSR count). The number of para-hydroxylation sites is 4. The molecule has 0 saturated carbocycles. The fraction of sp³-hybridized carbons (Fsp3) is 0.472. The molecule has 0 aromatic heterocycles. The fourth-order valence-electron chi connectivity index (χ4n) is 8.78. The van der Waals surface area contributed by atoms with Crippen LogP contribution >= 0.6 is 0 Å². The molecule has 0 bridgehead atoms. The van der Waals surface area contributed by atoms with Crippen LogP contribution in [0, 0.1) is 24.7 Å². The predicted molar refractivity (Wildman–Crippen MR) is 340 cm³/mol. The second-order valence-electron chi connectivity index (χ2n) is 25.3. The molecule has 0 radical (unpaired) electrons. The van der Waals surface area contributed by atoms with Crippen LogP contribution in [0.5, 0.6) is 0 Å². The van der Waals surface area contributed by atoms with Gasteiger partial charge in [0.15, 0.2) is 0 Å². The van der Waals surface area contributed by atoms with E-state index < -0.39 is 0 Å². The molecular weight excluding hydrogens is 986 g/mol. The predicted octanol–water partition coefficient (Wildman–Crippen LogP) is 23.9. The normalized spacial score (nSPS) is 12.1. The van der Waals surface area contributed by atoms with Crippen molar-refractivity contribution < 1.29 is 19.5 Å². The summed E-state index contributed by atoms with van der Waals surface area (Å²) in [7, 11) is 0. The Morgan fingerprint density at radius 2 is 0.494 bits per heavy atom. The van der Waals surface area contributed by atoms with Crippen LogP contribution < -0.4 is 0 Å². The van der Waals surface area contributed by atoms with Gasteiger partial charge in [-0.1, -0.05) is 309 Å². The van der Waals surface area contributed by atoms with Crippen LogP contribution in [0.25, 0.3) is 10.6 Å². The molecule has 0 amide bonds. The van der Waals surface area contributed by atoms with Crippen molar-refractivity contribution in [2.24, 2.45) is 20.8 Å². The monoisotopic (exact) mass is 1090 g/mol. The molecule has 0 fully saturated rings. The number of hydrogen-bond acceptors (Lipinski definition) is 2. The van der Waals surface area contributed by atoms with Crippen molar-refractivity contribution in [3.63, 3.8) is 0 Å². The zero-order valence-electron chi connectivity index (χ0n) is 52.8. The van der Waals surface area contributed by atoms with Crippen molar-refractivity contribution in [2.75, 3.05) is 0 Å². The summed E-state index contributed by atoms with van der Waals surface area (Å²) >= 11 is 0. The van der Waals surface area contributed by atoms with Gasteiger partial charge in [0.2, 0.25) is 0 Å². The summed E-state index contributed by atoms with van der Waals surface area (Å²) < 4.78 is 0. The molecule has 0 saturated heterocycles. The van der Waals surface area contributed by atoms with Crippen LogP contribution in [0.1, 0.15) is 255 Å². The van der Waals surface area contributed by atoms with Crippen molar-refractivity contribution in [1.82, 2.24) is 0 Å². The van der Waals surface area contributed by atoms with Crippen LogP contribution in [0.15, 0.2) is 143 Å². The molecule has 0 atom stereocenters. The number of aryl methyl sites for hydroxylation is 2. The van der Waals surface area contributed by atoms with Gasteiger partial charge in [0.1, 0.15) is 0 Å². The maximum absolute atomic E-state index is 5.32. The third-order valence-electron chi connectivity index (χ3n) is 13.5. The standard InChI is InChI=1S/2C29H43N2.2C7H8.Zn/c2*1-18(2)22-14-12-15-23(19(3)4)26(22)30-28(29(9,10)11)31-27-24(20(5)6)16-13-17-25(27)21(7)8;2*1-7-5-3-2-4-6-7;/h2*12-21H,1-11H3;2*2-6H,1H3;/q2*-1;;;+2. The molecule has 0 aliphatic heterocycles. The molecule has 5 heteroatoms. The Balaban J connectivity index is 0.000000414. The van der Waals surface area contributed by atoms with E-state index in [0.717, 1.165) is 34.4 Å². The molecule has 0 spiro atoms. The number of nitrogens with zero attached hydrogens (tertiary/aromatic N) is 4. The van der Waals surface area contributed by atoms with E-state index in [2.05, 4.69) is 263 Å². The van der Waals surface area contributed by atoms with Gasteiger partial charge in [0.25, 0.3) is 0 Å². The van der Waals surface area contributed by atoms with E-state index in [9.17, 15) is 0 Å². The molecular formula is C72H102N4Zn. The zero-order valence-corrected chi connectivity index (χ0v) is 55.8. The number of benzene rings is 6. The molecule has 77 heavy (non-hydrogen) atoms. The van der Waals surface area contributed by atoms with Gasteiger partial charge in [-0.05, 0) is 139 Å². The second-order valence-corrected chi connectivity index (χ2v) is 25.3. The summed E-state index contributed by atoms with van der Waals surface area (Å²) in [6.07, 6.45) is 0. The molecule has 6 aromatic carbocycles. The van der Waals surface area contributed by atoms with E-state index in [1.807, 2.05) is 36.4 Å². The number of amidine groups is 2. The van der Waals surface area contributed by atoms with E-state index in [1.54, 1.807) is 0 Å². The third-order valence-corrected chi connectivity index (χ3v) is 13.5. The molecule has 4 nitrogen and oxygen atoms in total. The molecule has 6 aromatic rings. The third kappa shape index (κ3) is 20.9. The average molecular weight is 1090 g/mol. The first-order valence-corrected chi connectivity index (χ1v) is 28.6. The summed E-state index contributed by atoms with van der Waals surface area (Å²) in [6, 6.07) is 47.0. The van der Waals surface area contributed by atoms with Crippen LogP contribution in [0.3, 0.4) is 0 Å². The van der Waals surface area contributed by atoms with Gasteiger partial charge >= 0.3 is 19.5 Å². The van der Waals surface area contributed by atoms with E-state index >= 15 is 0 Å². The van der Waals surface area contributed by atoms with Crippen LogP contribution in [-0.4, -0.2) is 11.7 Å². The van der Waals surface area contributed by atoms with Gasteiger partial charge in [-0.3, -0.25) is 0 Å². The van der Waals surface area contributed by atoms with Crippen molar-refractivity contribution >= 4 is 34.4 Å². The molecule has 0 aliphatic rings. The van der Waals surface area contributed by atoms with Crippen molar-refractivity contribution in [3.8, 4) is 0 Å². The minimum atomic E-state index is -0.170. The summed E-state index contributed by atoms with van der Waals surface area (Å²) in [5.74, 6) is 5.08. The van der Waals surface area contributed by atoms with Gasteiger partial charge in [-0.15, -0.1) is 0 Å². The Bertz CT molecular complexity index is 2440. The van der Waals surface area contributed by atoms with E-state index in [1.165, 1.54) is 55.6 Å². The molecule has 0 N–H and O–H groups in total. The fourth-order valence-corrected chi connectivity index (χ4v) is 8.78. The Morgan fingerprint density at radius 3 is 0.649 bits per heavy atom. The van der Waals surface area contributed by atoms with Crippen molar-refractivity contribution in [3.05, 3.63) is 200 Å². The smallest absolute Gasteiger partial charge is 0.439 e. The Labute approximate surface area is 485 Å². The van der Waals surface area contributed by atoms with Gasteiger partial charge in [0, 0.05) is 0 Å². The average Bonchev–Trinajstić information content (AvgIpc) is 3.33. The van der Waals surface area contributed by atoms with E-state index in [4.69, 9.17) is 20.6 Å². The molecule has 0 unspecified atom stereocenters. The Kier molecular flexibility index (Phi) is 27.8. The minimum Gasteiger partial charge on any atom is -0.439 e. The quantitative estimate of drug-likeness (QED) is 0.0666. The molecule has 0 heterocycles. The maximum Gasteiger partial charge on any atom is 2.00 e. The van der Waals surface area contributed by atoms with Crippen LogP contribution in [-0.2, 0) is 19.5 Å². The number of rotatable bonds is 12. The summed E-state index contributed by atoms with van der Waals surface area (Å²) in [5, 5.41) is 10.6. The largest absolute Gasteiger partial charge is 2.00 e. The van der Waals surface area contributed by atoms with E-state index in [0.29, 0.717) is 47.3 Å². The number of aliphatic imine (C=N–C) groups is 2. The first-order chi connectivity index (χ1) is 35.5. The number of hydrogen-bond donors (Lipinski definition) is 0. The SMILES string of the molecule is CC(C)c1cccc(C(C)C)c1N=C([N-]c1c(C(C)C)cccc1C(C)C)C(C)(C)C.CC(C)c1cccc(C(C)C)c1N=C([N-]c1c(C(C)C)cccc1C(C)C)C(C)(C)C.Cc1ccccc1.Cc1ccccc1.[Zn+2]. The van der Waals surface area contributed by atoms with Crippen LogP contribution in [0.4, 0.5) is 22.7 Å². The summed E-state index contributed by atoms with van der Waals surface area (Å²) in [4.78, 5) is 10.6. The molecule has 412 valence electrons. The van der Waals surface area contributed by atoms with Gasteiger partial charge in [0.05, 0.1) is 0 Å². The van der Waals surface area contributed by atoms with Gasteiger partial charge in [-0.25, -0.2) is 0 Å². The van der Waals surface area contributed by atoms with Crippen molar-refractivity contribution in [2.45, 2.75) is 214 Å². The van der Waals surface area contributed by atoms with E-state index in [-0.39, 0.29) is 30.3 Å². The Hall–Kier alpha value is -5.12. The van der Waals surface area contributed by atoms with Gasteiger partial charge < -0.3 is 20.6 Å². The summed E-state index contributed by atoms with van der Waals surface area (Å²) in [5.41, 5.74) is 17.1. The topological polar surface area (TPSA) is 52.9 Å².